The summed E-state index contributed by atoms with van der Waals surface area (Å²) in [6.45, 7) is 4.05. The third-order valence-corrected chi connectivity index (χ3v) is 7.55. The molecule has 2 aromatic carbocycles. The molecule has 0 aliphatic heterocycles. The summed E-state index contributed by atoms with van der Waals surface area (Å²) >= 11 is 0. The molecule has 2 aromatic rings. The standard InChI is InChI=1S/C18H22N2O7S2/c1-5-13(2)14-6-8-15(9-7-14)27-29(25,26)18-11-10-16(12-17(18)20(21)22)28(23,24)19(3)4/h6-13H,5H2,1-4H3/t13-/m0/s1. The predicted octanol–water partition coefficient (Wildman–Crippen LogP) is 3.13. The number of rotatable bonds is 8. The molecule has 0 unspecified atom stereocenters. The highest BCUT2D eigenvalue weighted by molar-refractivity contribution is 7.89. The van der Waals surface area contributed by atoms with Crippen LogP contribution >= 0.6 is 0 Å². The van der Waals surface area contributed by atoms with Crippen LogP contribution in [0.15, 0.2) is 52.3 Å². The lowest BCUT2D eigenvalue weighted by Crippen LogP contribution is -2.22. The van der Waals surface area contributed by atoms with E-state index in [4.69, 9.17) is 4.18 Å². The second-order valence-electron chi connectivity index (χ2n) is 6.59. The molecule has 0 spiro atoms. The maximum absolute atomic E-state index is 12.6. The van der Waals surface area contributed by atoms with Crippen molar-refractivity contribution in [3.63, 3.8) is 0 Å². The van der Waals surface area contributed by atoms with Crippen LogP contribution < -0.4 is 4.18 Å². The molecule has 0 aliphatic rings. The van der Waals surface area contributed by atoms with Crippen LogP contribution in [0.5, 0.6) is 5.75 Å². The number of nitro benzene ring substituents is 1. The molecule has 0 amide bonds. The molecule has 0 saturated carbocycles. The first kappa shape index (κ1) is 22.8. The van der Waals surface area contributed by atoms with Crippen LogP contribution in [0.2, 0.25) is 0 Å². The average molecular weight is 443 g/mol. The average Bonchev–Trinajstić information content (AvgIpc) is 2.66. The Labute approximate surface area is 170 Å². The third kappa shape index (κ3) is 4.92. The molecule has 0 heterocycles. The van der Waals surface area contributed by atoms with Crippen LogP contribution in [0.4, 0.5) is 5.69 Å². The minimum absolute atomic E-state index is 0.00339. The van der Waals surface area contributed by atoms with Gasteiger partial charge >= 0.3 is 10.1 Å². The Morgan fingerprint density at radius 3 is 2.14 bits per heavy atom. The minimum Gasteiger partial charge on any atom is -0.379 e. The zero-order valence-corrected chi connectivity index (χ0v) is 18.0. The van der Waals surface area contributed by atoms with Crippen LogP contribution in [-0.2, 0) is 20.1 Å². The van der Waals surface area contributed by atoms with Crippen LogP contribution in [0.1, 0.15) is 31.7 Å². The highest BCUT2D eigenvalue weighted by Gasteiger charge is 2.31. The summed E-state index contributed by atoms with van der Waals surface area (Å²) in [5.74, 6) is 0.282. The lowest BCUT2D eigenvalue weighted by Gasteiger charge is -2.13. The second-order valence-corrected chi connectivity index (χ2v) is 10.3. The fourth-order valence-electron chi connectivity index (χ4n) is 2.48. The number of hydrogen-bond acceptors (Lipinski definition) is 7. The van der Waals surface area contributed by atoms with Gasteiger partial charge in [-0.15, -0.1) is 0 Å². The summed E-state index contributed by atoms with van der Waals surface area (Å²) in [6, 6.07) is 8.94. The molecule has 29 heavy (non-hydrogen) atoms. The summed E-state index contributed by atoms with van der Waals surface area (Å²) in [5.41, 5.74) is 0.116. The van der Waals surface area contributed by atoms with Crippen molar-refractivity contribution in [3.05, 3.63) is 58.1 Å². The quantitative estimate of drug-likeness (QED) is 0.349. The van der Waals surface area contributed by atoms with Crippen LogP contribution in [0.3, 0.4) is 0 Å². The number of benzene rings is 2. The first-order valence-corrected chi connectivity index (χ1v) is 11.5. The van der Waals surface area contributed by atoms with Crippen LogP contribution in [0, 0.1) is 10.1 Å². The van der Waals surface area contributed by atoms with E-state index in [9.17, 15) is 26.9 Å². The van der Waals surface area contributed by atoms with E-state index in [0.717, 1.165) is 28.4 Å². The van der Waals surface area contributed by atoms with E-state index >= 15 is 0 Å². The normalized spacial score (nSPS) is 13.3. The van der Waals surface area contributed by atoms with Crippen LogP contribution in [-0.4, -0.2) is 40.2 Å². The molecular weight excluding hydrogens is 420 g/mol. The zero-order valence-electron chi connectivity index (χ0n) is 16.4. The van der Waals surface area contributed by atoms with Crippen molar-refractivity contribution in [1.82, 2.24) is 4.31 Å². The molecule has 0 radical (unpaired) electrons. The number of nitrogens with zero attached hydrogens (tertiary/aromatic N) is 2. The van der Waals surface area contributed by atoms with E-state index in [0.29, 0.717) is 6.07 Å². The van der Waals surface area contributed by atoms with Crippen molar-refractivity contribution in [2.75, 3.05) is 14.1 Å². The topological polar surface area (TPSA) is 124 Å². The van der Waals surface area contributed by atoms with Crippen LogP contribution in [0.25, 0.3) is 0 Å². The van der Waals surface area contributed by atoms with Gasteiger partial charge in [0.15, 0.2) is 4.90 Å². The Hall–Kier alpha value is -2.50. The van der Waals surface area contributed by atoms with Gasteiger partial charge in [-0.3, -0.25) is 10.1 Å². The van der Waals surface area contributed by atoms with Crippen molar-refractivity contribution in [3.8, 4) is 5.75 Å². The molecule has 0 aromatic heterocycles. The Balaban J connectivity index is 2.45. The predicted molar refractivity (Wildman–Crippen MR) is 107 cm³/mol. The van der Waals surface area contributed by atoms with E-state index in [-0.39, 0.29) is 11.7 Å². The molecular formula is C18H22N2O7S2. The number of hydrogen-bond donors (Lipinski definition) is 0. The second kappa shape index (κ2) is 8.47. The van der Waals surface area contributed by atoms with Gasteiger partial charge in [0, 0.05) is 20.2 Å². The maximum atomic E-state index is 12.6. The SMILES string of the molecule is CC[C@H](C)c1ccc(OS(=O)(=O)c2ccc(S(=O)(=O)N(C)C)cc2[N+](=O)[O-])cc1. The number of sulfonamides is 1. The van der Waals surface area contributed by atoms with Gasteiger partial charge in [0.2, 0.25) is 10.0 Å². The van der Waals surface area contributed by atoms with Crippen molar-refractivity contribution in [2.24, 2.45) is 0 Å². The van der Waals surface area contributed by atoms with Gasteiger partial charge in [-0.05, 0) is 42.2 Å². The van der Waals surface area contributed by atoms with Gasteiger partial charge in [-0.25, -0.2) is 12.7 Å². The first-order valence-electron chi connectivity index (χ1n) is 8.65. The fraction of sp³-hybridized carbons (Fsp3) is 0.333. The largest absolute Gasteiger partial charge is 0.379 e. The van der Waals surface area contributed by atoms with Crippen molar-refractivity contribution in [2.45, 2.75) is 36.0 Å². The van der Waals surface area contributed by atoms with Crippen molar-refractivity contribution < 1.29 is 25.9 Å². The fourth-order valence-corrected chi connectivity index (χ4v) is 4.48. The highest BCUT2D eigenvalue weighted by atomic mass is 32.2. The summed E-state index contributed by atoms with van der Waals surface area (Å²) in [5, 5.41) is 11.4. The minimum atomic E-state index is -4.56. The summed E-state index contributed by atoms with van der Waals surface area (Å²) in [6.07, 6.45) is 0.910. The van der Waals surface area contributed by atoms with E-state index in [2.05, 4.69) is 0 Å². The Kier molecular flexibility index (Phi) is 6.66. The molecule has 0 aliphatic carbocycles. The molecule has 9 nitrogen and oxygen atoms in total. The van der Waals surface area contributed by atoms with Crippen molar-refractivity contribution >= 4 is 25.8 Å². The van der Waals surface area contributed by atoms with Gasteiger partial charge in [0.25, 0.3) is 5.69 Å². The van der Waals surface area contributed by atoms with Gasteiger partial charge in [-0.2, -0.15) is 8.42 Å². The van der Waals surface area contributed by atoms with Crippen molar-refractivity contribution in [1.29, 1.82) is 0 Å². The van der Waals surface area contributed by atoms with Gasteiger partial charge in [0.1, 0.15) is 5.75 Å². The highest BCUT2D eigenvalue weighted by Crippen LogP contribution is 2.30. The van der Waals surface area contributed by atoms with E-state index in [1.165, 1.54) is 26.2 Å². The monoisotopic (exact) mass is 442 g/mol. The summed E-state index contributed by atoms with van der Waals surface area (Å²) in [7, 11) is -6.01. The van der Waals surface area contributed by atoms with Gasteiger partial charge in [-0.1, -0.05) is 26.0 Å². The Morgan fingerprint density at radius 1 is 1.07 bits per heavy atom. The molecule has 0 saturated heterocycles. The lowest BCUT2D eigenvalue weighted by molar-refractivity contribution is -0.388. The summed E-state index contributed by atoms with van der Waals surface area (Å²) < 4.78 is 55.5. The first-order chi connectivity index (χ1) is 13.4. The Morgan fingerprint density at radius 2 is 1.66 bits per heavy atom. The summed E-state index contributed by atoms with van der Waals surface area (Å²) in [4.78, 5) is 9.31. The molecule has 0 N–H and O–H groups in total. The molecule has 11 heteroatoms. The van der Waals surface area contributed by atoms with Gasteiger partial charge in [0.05, 0.1) is 9.82 Å². The van der Waals surface area contributed by atoms with Gasteiger partial charge < -0.3 is 4.18 Å². The van der Waals surface area contributed by atoms with E-state index < -0.39 is 40.5 Å². The van der Waals surface area contributed by atoms with E-state index in [1.807, 2.05) is 13.8 Å². The van der Waals surface area contributed by atoms with E-state index in [1.54, 1.807) is 12.1 Å². The lowest BCUT2D eigenvalue weighted by atomic mass is 9.99. The molecule has 0 bridgehead atoms. The molecule has 158 valence electrons. The maximum Gasteiger partial charge on any atom is 0.346 e. The molecule has 1 atom stereocenters. The third-order valence-electron chi connectivity index (χ3n) is 4.44. The zero-order chi connectivity index (χ0) is 22.0. The number of nitro groups is 1. The molecule has 2 rings (SSSR count). The smallest absolute Gasteiger partial charge is 0.346 e. The molecule has 0 fully saturated rings. The Bertz CT molecular complexity index is 1110.